The van der Waals surface area contributed by atoms with E-state index >= 15 is 0 Å². The van der Waals surface area contributed by atoms with Crippen LogP contribution in [0.3, 0.4) is 0 Å². The van der Waals surface area contributed by atoms with Crippen molar-refractivity contribution < 1.29 is 27.8 Å². The fourth-order valence-electron chi connectivity index (χ4n) is 8.59. The zero-order chi connectivity index (χ0) is 38.3. The van der Waals surface area contributed by atoms with Crippen LogP contribution in [0.5, 0.6) is 5.75 Å². The van der Waals surface area contributed by atoms with Gasteiger partial charge in [0.25, 0.3) is 5.91 Å². The van der Waals surface area contributed by atoms with E-state index in [0.29, 0.717) is 56.2 Å². The molecule has 0 spiro atoms. The van der Waals surface area contributed by atoms with Gasteiger partial charge in [-0.2, -0.15) is 23.4 Å². The largest absolute Gasteiger partial charge is 0.507 e. The summed E-state index contributed by atoms with van der Waals surface area (Å²) in [4.78, 5) is 21.1. The molecule has 3 aromatic carbocycles. The van der Waals surface area contributed by atoms with Gasteiger partial charge in [0.1, 0.15) is 18.0 Å². The molecular weight excluding hydrogens is 706 g/mol. The molecule has 4 heterocycles. The summed E-state index contributed by atoms with van der Waals surface area (Å²) in [6.45, 7) is 4.07. The molecule has 55 heavy (non-hydrogen) atoms. The summed E-state index contributed by atoms with van der Waals surface area (Å²) >= 11 is 0. The molecule has 3 aliphatic rings. The van der Waals surface area contributed by atoms with Crippen LogP contribution in [0.2, 0.25) is 0 Å². The first-order valence-corrected chi connectivity index (χ1v) is 19.5. The number of hydrogen-bond donors (Lipinski definition) is 2. The molecule has 1 aromatic heterocycles. The van der Waals surface area contributed by atoms with E-state index in [1.165, 1.54) is 5.69 Å². The topological polar surface area (TPSA) is 94.1 Å². The molecule has 0 bridgehead atoms. The van der Waals surface area contributed by atoms with Crippen molar-refractivity contribution in [2.24, 2.45) is 5.92 Å². The van der Waals surface area contributed by atoms with Crippen LogP contribution >= 0.6 is 0 Å². The Morgan fingerprint density at radius 1 is 0.818 bits per heavy atom. The van der Waals surface area contributed by atoms with Gasteiger partial charge < -0.3 is 29.9 Å². The van der Waals surface area contributed by atoms with Crippen LogP contribution < -0.4 is 15.1 Å². The number of ether oxygens (including phenoxy) is 1. The highest BCUT2D eigenvalue weighted by molar-refractivity contribution is 5.85. The molecule has 7 rings (SSSR count). The lowest BCUT2D eigenvalue weighted by Crippen LogP contribution is -2.58. The number of phenols is 1. The van der Waals surface area contributed by atoms with Crippen LogP contribution in [0.25, 0.3) is 11.3 Å². The van der Waals surface area contributed by atoms with Crippen LogP contribution in [-0.2, 0) is 14.9 Å². The number of carbonyl (C=O) groups excluding carboxylic acids is 1. The smallest absolute Gasteiger partial charge is 0.411 e. The monoisotopic (exact) mass is 756 g/mol. The quantitative estimate of drug-likeness (QED) is 0.157. The van der Waals surface area contributed by atoms with Crippen molar-refractivity contribution in [3.05, 3.63) is 103 Å². The van der Waals surface area contributed by atoms with Gasteiger partial charge in [-0.3, -0.25) is 4.79 Å². The van der Waals surface area contributed by atoms with Crippen molar-refractivity contribution in [2.75, 3.05) is 68.8 Å². The van der Waals surface area contributed by atoms with Crippen LogP contribution in [0, 0.1) is 5.92 Å². The van der Waals surface area contributed by atoms with E-state index in [-0.39, 0.29) is 25.1 Å². The maximum atomic E-state index is 14.1. The van der Waals surface area contributed by atoms with Gasteiger partial charge in [0, 0.05) is 62.5 Å². The second kappa shape index (κ2) is 17.0. The maximum absolute atomic E-state index is 14.1. The molecule has 292 valence electrons. The molecule has 0 radical (unpaired) electrons. The fourth-order valence-corrected chi connectivity index (χ4v) is 8.59. The van der Waals surface area contributed by atoms with E-state index in [0.717, 1.165) is 50.1 Å². The number of likely N-dealkylation sites (tertiary alicyclic amines) is 1. The van der Waals surface area contributed by atoms with Gasteiger partial charge in [0.05, 0.1) is 17.6 Å². The Labute approximate surface area is 321 Å². The predicted octanol–water partition coefficient (Wildman–Crippen LogP) is 7.22. The van der Waals surface area contributed by atoms with Gasteiger partial charge in [-0.25, -0.2) is 0 Å². The first kappa shape index (κ1) is 38.6. The Balaban J connectivity index is 0.978. The van der Waals surface area contributed by atoms with Gasteiger partial charge in [0.2, 0.25) is 0 Å². The third-order valence-electron chi connectivity index (χ3n) is 12.1. The van der Waals surface area contributed by atoms with Gasteiger partial charge in [-0.05, 0) is 93.3 Å². The third-order valence-corrected chi connectivity index (χ3v) is 12.1. The summed E-state index contributed by atoms with van der Waals surface area (Å²) in [6.07, 6.45) is 2.24. The molecule has 0 atom stereocenters. The molecule has 0 saturated carbocycles. The van der Waals surface area contributed by atoms with E-state index in [2.05, 4.69) is 66.6 Å². The Hall–Kier alpha value is -4.68. The molecule has 2 N–H and O–H groups in total. The van der Waals surface area contributed by atoms with Crippen molar-refractivity contribution in [3.8, 4) is 17.0 Å². The number of benzene rings is 3. The molecule has 1 amide bonds. The number of alkyl halides is 3. The minimum Gasteiger partial charge on any atom is -0.507 e. The number of nitrogens with one attached hydrogen (secondary N) is 1. The van der Waals surface area contributed by atoms with E-state index in [4.69, 9.17) is 4.74 Å². The molecule has 0 aliphatic carbocycles. The summed E-state index contributed by atoms with van der Waals surface area (Å²) in [6, 6.07) is 29.4. The number of rotatable bonds is 12. The standard InChI is InChI=1S/C43H51F3N6O3/c44-43(45,46)32-55-42(20-25-50(26-21-42)22-15-33-16-23-51(24-17-33)35-11-5-2-6-12-35)40(54)47-31-41(34-9-3-1-4-10-34)18-27-52(28-19-41)36-29-38(49-48-30-36)37-13-7-8-14-39(37)53/h1-14,29-30,33,53H,15-28,31-32H2,(H,47,54). The van der Waals surface area contributed by atoms with Crippen molar-refractivity contribution >= 4 is 17.3 Å². The van der Waals surface area contributed by atoms with Gasteiger partial charge in [-0.15, -0.1) is 0 Å². The number of hydrogen-bond acceptors (Lipinski definition) is 8. The number of nitrogens with zero attached hydrogens (tertiary/aromatic N) is 5. The zero-order valence-electron chi connectivity index (χ0n) is 31.3. The Morgan fingerprint density at radius 2 is 1.45 bits per heavy atom. The average Bonchev–Trinajstić information content (AvgIpc) is 3.22. The number of anilines is 2. The van der Waals surface area contributed by atoms with Crippen molar-refractivity contribution in [1.29, 1.82) is 0 Å². The van der Waals surface area contributed by atoms with Gasteiger partial charge >= 0.3 is 6.18 Å². The fraction of sp³-hybridized carbons (Fsp3) is 0.465. The Kier molecular flexibility index (Phi) is 11.9. The molecular formula is C43H51F3N6O3. The molecule has 4 aromatic rings. The number of piperidine rings is 3. The van der Waals surface area contributed by atoms with E-state index in [1.807, 2.05) is 36.4 Å². The lowest BCUT2D eigenvalue weighted by atomic mass is 9.72. The minimum atomic E-state index is -4.54. The summed E-state index contributed by atoms with van der Waals surface area (Å²) in [5.41, 5.74) is 2.40. The molecule has 3 saturated heterocycles. The van der Waals surface area contributed by atoms with E-state index in [1.54, 1.807) is 24.4 Å². The summed E-state index contributed by atoms with van der Waals surface area (Å²) in [5, 5.41) is 22.0. The summed E-state index contributed by atoms with van der Waals surface area (Å²) in [7, 11) is 0. The molecule has 3 fully saturated rings. The van der Waals surface area contributed by atoms with Crippen LogP contribution in [-0.4, -0.2) is 96.9 Å². The third kappa shape index (κ3) is 9.41. The number of aromatic nitrogens is 2. The number of halogens is 3. The first-order valence-electron chi connectivity index (χ1n) is 19.5. The number of carbonyl (C=O) groups is 1. The molecule has 0 unspecified atom stereocenters. The lowest BCUT2D eigenvalue weighted by Gasteiger charge is -2.45. The van der Waals surface area contributed by atoms with E-state index < -0.39 is 29.7 Å². The molecule has 3 aliphatic heterocycles. The van der Waals surface area contributed by atoms with Crippen molar-refractivity contribution in [1.82, 2.24) is 20.4 Å². The van der Waals surface area contributed by atoms with Gasteiger partial charge in [0.15, 0.2) is 0 Å². The Morgan fingerprint density at radius 3 is 2.13 bits per heavy atom. The second-order valence-electron chi connectivity index (χ2n) is 15.4. The number of phenolic OH excluding ortho intramolecular Hbond substituents is 1. The van der Waals surface area contributed by atoms with Crippen LogP contribution in [0.4, 0.5) is 24.5 Å². The highest BCUT2D eigenvalue weighted by atomic mass is 19.4. The Bertz CT molecular complexity index is 1840. The average molecular weight is 757 g/mol. The first-order chi connectivity index (χ1) is 26.6. The van der Waals surface area contributed by atoms with Crippen molar-refractivity contribution in [2.45, 2.75) is 62.1 Å². The highest BCUT2D eigenvalue weighted by Crippen LogP contribution is 2.38. The normalized spacial score (nSPS) is 19.3. The van der Waals surface area contributed by atoms with E-state index in [9.17, 15) is 23.1 Å². The predicted molar refractivity (Wildman–Crippen MR) is 208 cm³/mol. The minimum absolute atomic E-state index is 0.129. The number of amides is 1. The highest BCUT2D eigenvalue weighted by Gasteiger charge is 2.46. The molecule has 9 nitrogen and oxygen atoms in total. The maximum Gasteiger partial charge on any atom is 0.411 e. The lowest BCUT2D eigenvalue weighted by molar-refractivity contribution is -0.213. The zero-order valence-corrected chi connectivity index (χ0v) is 31.3. The SMILES string of the molecule is O=C(NCC1(c2ccccc2)CCN(c2cnnc(-c3ccccc3O)c2)CC1)C1(OCC(F)(F)F)CCN(CCC2CCN(c3ccccc3)CC2)CC1. The van der Waals surface area contributed by atoms with Crippen molar-refractivity contribution in [3.63, 3.8) is 0 Å². The summed E-state index contributed by atoms with van der Waals surface area (Å²) < 4.78 is 46.3. The molecule has 12 heteroatoms. The number of para-hydroxylation sites is 2. The second-order valence-corrected chi connectivity index (χ2v) is 15.4. The van der Waals surface area contributed by atoms with Gasteiger partial charge in [-0.1, -0.05) is 60.7 Å². The number of aromatic hydroxyl groups is 1. The van der Waals surface area contributed by atoms with Crippen LogP contribution in [0.15, 0.2) is 97.2 Å². The van der Waals surface area contributed by atoms with Crippen LogP contribution in [0.1, 0.15) is 50.5 Å². The summed E-state index contributed by atoms with van der Waals surface area (Å²) in [5.74, 6) is 0.267.